The summed E-state index contributed by atoms with van der Waals surface area (Å²) in [5.41, 5.74) is 0. The maximum Gasteiger partial charge on any atom is 0.191 e. The summed E-state index contributed by atoms with van der Waals surface area (Å²) >= 11 is 1.73. The fourth-order valence-electron chi connectivity index (χ4n) is 2.67. The summed E-state index contributed by atoms with van der Waals surface area (Å²) in [6, 6.07) is 8.08. The molecule has 2 aromatic heterocycles. The van der Waals surface area contributed by atoms with Gasteiger partial charge in [-0.15, -0.1) is 35.3 Å². The molecule has 138 valence electrons. The Morgan fingerprint density at radius 1 is 1.24 bits per heavy atom. The summed E-state index contributed by atoms with van der Waals surface area (Å²) in [5, 5.41) is 8.89. The fraction of sp³-hybridized carbons (Fsp3) is 0.500. The Morgan fingerprint density at radius 2 is 2.20 bits per heavy atom. The van der Waals surface area contributed by atoms with Gasteiger partial charge in [0.25, 0.3) is 0 Å². The molecule has 3 heterocycles. The van der Waals surface area contributed by atoms with Gasteiger partial charge in [-0.25, -0.2) is 4.99 Å². The quantitative estimate of drug-likeness (QED) is 0.364. The van der Waals surface area contributed by atoms with Gasteiger partial charge in [-0.2, -0.15) is 0 Å². The average Bonchev–Trinajstić information content (AvgIpc) is 3.31. The second-order valence-electron chi connectivity index (χ2n) is 5.87. The highest BCUT2D eigenvalue weighted by Crippen LogP contribution is 2.12. The van der Waals surface area contributed by atoms with Crippen molar-refractivity contribution in [1.82, 2.24) is 10.6 Å². The van der Waals surface area contributed by atoms with Crippen LogP contribution in [-0.4, -0.2) is 31.8 Å². The van der Waals surface area contributed by atoms with Crippen molar-refractivity contribution >= 4 is 41.3 Å². The molecule has 0 aliphatic carbocycles. The number of hydrogen-bond donors (Lipinski definition) is 2. The standard InChI is InChI=1S/C18H25N3O2S.HI/c1-2-10-23-16(5-1)13-20-18(21-14-17-7-4-12-24-17)19-9-8-15-6-3-11-22-15;/h3-4,6-7,11-12,16H,1-2,5,8-10,13-14H2,(H2,19,20,21);1H. The van der Waals surface area contributed by atoms with Crippen LogP contribution in [-0.2, 0) is 17.7 Å². The summed E-state index contributed by atoms with van der Waals surface area (Å²) in [7, 11) is 0. The zero-order valence-corrected chi connectivity index (χ0v) is 17.4. The highest BCUT2D eigenvalue weighted by Gasteiger charge is 2.14. The van der Waals surface area contributed by atoms with Gasteiger partial charge in [-0.3, -0.25) is 0 Å². The molecule has 7 heteroatoms. The smallest absolute Gasteiger partial charge is 0.191 e. The molecule has 0 amide bonds. The number of furan rings is 1. The van der Waals surface area contributed by atoms with Crippen molar-refractivity contribution in [2.24, 2.45) is 4.99 Å². The first-order valence-electron chi connectivity index (χ1n) is 8.59. The molecule has 1 unspecified atom stereocenters. The van der Waals surface area contributed by atoms with Crippen molar-refractivity contribution in [3.8, 4) is 0 Å². The molecule has 1 aliphatic rings. The van der Waals surface area contributed by atoms with Crippen molar-refractivity contribution in [2.75, 3.05) is 19.7 Å². The number of rotatable bonds is 7. The molecule has 1 fully saturated rings. The van der Waals surface area contributed by atoms with Crippen molar-refractivity contribution in [3.63, 3.8) is 0 Å². The van der Waals surface area contributed by atoms with E-state index in [0.29, 0.717) is 6.54 Å². The fourth-order valence-corrected chi connectivity index (χ4v) is 3.30. The van der Waals surface area contributed by atoms with Crippen LogP contribution in [0.1, 0.15) is 29.9 Å². The Balaban J connectivity index is 0.00000225. The maximum atomic E-state index is 5.78. The van der Waals surface area contributed by atoms with Crippen LogP contribution in [0.5, 0.6) is 0 Å². The predicted molar refractivity (Wildman–Crippen MR) is 113 cm³/mol. The lowest BCUT2D eigenvalue weighted by molar-refractivity contribution is 0.0194. The third kappa shape index (κ3) is 7.37. The van der Waals surface area contributed by atoms with Gasteiger partial charge in [0.15, 0.2) is 5.96 Å². The Morgan fingerprint density at radius 3 is 2.92 bits per heavy atom. The lowest BCUT2D eigenvalue weighted by Gasteiger charge is -2.23. The van der Waals surface area contributed by atoms with Gasteiger partial charge in [-0.1, -0.05) is 6.07 Å². The average molecular weight is 475 g/mol. The number of halogens is 1. The number of ether oxygens (including phenoxy) is 1. The van der Waals surface area contributed by atoms with Gasteiger partial charge in [0.1, 0.15) is 5.76 Å². The van der Waals surface area contributed by atoms with Crippen molar-refractivity contribution < 1.29 is 9.15 Å². The number of nitrogens with zero attached hydrogens (tertiary/aromatic N) is 1. The largest absolute Gasteiger partial charge is 0.469 e. The van der Waals surface area contributed by atoms with Crippen LogP contribution in [0.2, 0.25) is 0 Å². The van der Waals surface area contributed by atoms with Crippen LogP contribution in [0.3, 0.4) is 0 Å². The first-order chi connectivity index (χ1) is 11.9. The van der Waals surface area contributed by atoms with E-state index in [4.69, 9.17) is 9.15 Å². The molecule has 5 nitrogen and oxygen atoms in total. The van der Waals surface area contributed by atoms with E-state index in [0.717, 1.165) is 44.3 Å². The van der Waals surface area contributed by atoms with Gasteiger partial charge in [0, 0.05) is 31.0 Å². The third-order valence-corrected chi connectivity index (χ3v) is 4.85. The molecule has 0 radical (unpaired) electrons. The van der Waals surface area contributed by atoms with E-state index in [2.05, 4.69) is 33.1 Å². The summed E-state index contributed by atoms with van der Waals surface area (Å²) in [5.74, 6) is 1.82. The molecular formula is C18H26IN3O2S. The molecule has 2 aromatic rings. The maximum absolute atomic E-state index is 5.78. The zero-order valence-electron chi connectivity index (χ0n) is 14.3. The number of guanidine groups is 1. The second kappa shape index (κ2) is 11.5. The van der Waals surface area contributed by atoms with Crippen LogP contribution in [0.25, 0.3) is 0 Å². The highest BCUT2D eigenvalue weighted by atomic mass is 127. The molecule has 1 aliphatic heterocycles. The topological polar surface area (TPSA) is 58.8 Å². The van der Waals surface area contributed by atoms with Gasteiger partial charge < -0.3 is 19.8 Å². The molecule has 1 atom stereocenters. The van der Waals surface area contributed by atoms with E-state index < -0.39 is 0 Å². The molecular weight excluding hydrogens is 449 g/mol. The van der Waals surface area contributed by atoms with Gasteiger partial charge in [-0.05, 0) is 42.8 Å². The molecule has 1 saturated heterocycles. The predicted octanol–water partition coefficient (Wildman–Crippen LogP) is 3.81. The lowest BCUT2D eigenvalue weighted by atomic mass is 10.1. The lowest BCUT2D eigenvalue weighted by Crippen LogP contribution is -2.43. The number of aliphatic imine (C=N–C) groups is 1. The molecule has 3 rings (SSSR count). The number of hydrogen-bond acceptors (Lipinski definition) is 4. The first-order valence-corrected chi connectivity index (χ1v) is 9.46. The van der Waals surface area contributed by atoms with E-state index in [1.807, 2.05) is 12.1 Å². The first kappa shape index (κ1) is 20.3. The number of thiophene rings is 1. The van der Waals surface area contributed by atoms with E-state index in [-0.39, 0.29) is 30.1 Å². The number of nitrogens with one attached hydrogen (secondary N) is 2. The molecule has 0 aromatic carbocycles. The Labute approximate surface area is 170 Å². The van der Waals surface area contributed by atoms with Crippen LogP contribution in [0.15, 0.2) is 45.3 Å². The summed E-state index contributed by atoms with van der Waals surface area (Å²) in [6.45, 7) is 3.16. The van der Waals surface area contributed by atoms with E-state index in [1.54, 1.807) is 17.6 Å². The Hall–Kier alpha value is -1.06. The van der Waals surface area contributed by atoms with Gasteiger partial charge in [0.05, 0.1) is 18.9 Å². The SMILES string of the molecule is I.c1coc(CCNC(=NCc2cccs2)NCC2CCCCO2)c1. The van der Waals surface area contributed by atoms with E-state index in [9.17, 15) is 0 Å². The van der Waals surface area contributed by atoms with Crippen molar-refractivity contribution in [2.45, 2.75) is 38.3 Å². The van der Waals surface area contributed by atoms with E-state index in [1.165, 1.54) is 17.7 Å². The highest BCUT2D eigenvalue weighted by molar-refractivity contribution is 14.0. The molecule has 0 spiro atoms. The minimum Gasteiger partial charge on any atom is -0.469 e. The molecule has 25 heavy (non-hydrogen) atoms. The normalized spacial score (nSPS) is 17.8. The third-order valence-electron chi connectivity index (χ3n) is 3.99. The summed E-state index contributed by atoms with van der Waals surface area (Å²) in [4.78, 5) is 5.95. The van der Waals surface area contributed by atoms with Crippen LogP contribution < -0.4 is 10.6 Å². The monoisotopic (exact) mass is 475 g/mol. The van der Waals surface area contributed by atoms with Gasteiger partial charge >= 0.3 is 0 Å². The summed E-state index contributed by atoms with van der Waals surface area (Å²) < 4.78 is 11.2. The minimum atomic E-state index is 0. The van der Waals surface area contributed by atoms with Crippen molar-refractivity contribution in [1.29, 1.82) is 0 Å². The molecule has 0 bridgehead atoms. The van der Waals surface area contributed by atoms with Crippen LogP contribution in [0.4, 0.5) is 0 Å². The Kier molecular flexibility index (Phi) is 9.35. The molecule has 0 saturated carbocycles. The van der Waals surface area contributed by atoms with Gasteiger partial charge in [0.2, 0.25) is 0 Å². The second-order valence-corrected chi connectivity index (χ2v) is 6.90. The van der Waals surface area contributed by atoms with Crippen LogP contribution in [0, 0.1) is 0 Å². The van der Waals surface area contributed by atoms with Crippen LogP contribution >= 0.6 is 35.3 Å². The summed E-state index contributed by atoms with van der Waals surface area (Å²) in [6.07, 6.45) is 6.39. The molecule has 2 N–H and O–H groups in total. The Bertz CT molecular complexity index is 596. The zero-order chi connectivity index (χ0) is 16.5. The minimum absolute atomic E-state index is 0. The van der Waals surface area contributed by atoms with E-state index >= 15 is 0 Å². The van der Waals surface area contributed by atoms with Crippen molar-refractivity contribution in [3.05, 3.63) is 46.5 Å².